The number of aromatic nitrogens is 1. The molecule has 202 valence electrons. The van der Waals surface area contributed by atoms with E-state index in [1.165, 1.54) is 17.8 Å². The predicted octanol–water partition coefficient (Wildman–Crippen LogP) is 5.96. The molecule has 1 aliphatic rings. The number of halogens is 2. The minimum atomic E-state index is -0.626. The van der Waals surface area contributed by atoms with Gasteiger partial charge < -0.3 is 14.8 Å². The Bertz CT molecular complexity index is 1340. The van der Waals surface area contributed by atoms with Crippen LogP contribution in [-0.2, 0) is 22.7 Å². The monoisotopic (exact) mass is 557 g/mol. The van der Waals surface area contributed by atoms with Crippen LogP contribution in [0.1, 0.15) is 48.2 Å². The molecular formula is C29H33ClFN3O3S. The Kier molecular flexibility index (Phi) is 10.6. The Labute approximate surface area is 232 Å². The molecular weight excluding hydrogens is 525 g/mol. The average Bonchev–Trinajstić information content (AvgIpc) is 3.56. The number of thioether (sulfide) groups is 1. The molecule has 4 rings (SSSR count). The SMILES string of the molecule is C=Cc1cn(CC(=O)N2CCCC2C(=O)NCc2cccc(Cl)c2F)c2cc(C(=O)CSC)ccc12.CC. The molecule has 38 heavy (non-hydrogen) atoms. The summed E-state index contributed by atoms with van der Waals surface area (Å²) in [5.41, 5.74) is 2.50. The summed E-state index contributed by atoms with van der Waals surface area (Å²) < 4.78 is 16.0. The van der Waals surface area contributed by atoms with Gasteiger partial charge in [-0.15, -0.1) is 0 Å². The van der Waals surface area contributed by atoms with E-state index in [9.17, 15) is 18.8 Å². The molecule has 0 radical (unpaired) electrons. The normalized spacial score (nSPS) is 14.7. The van der Waals surface area contributed by atoms with Crippen molar-refractivity contribution in [2.75, 3.05) is 18.6 Å². The molecule has 0 bridgehead atoms. The lowest BCUT2D eigenvalue weighted by atomic mass is 10.1. The molecule has 9 heteroatoms. The molecule has 0 spiro atoms. The third-order valence-corrected chi connectivity index (χ3v) is 7.24. The number of Topliss-reactive ketones (excluding diaryl/α,β-unsaturated/α-hetero) is 1. The summed E-state index contributed by atoms with van der Waals surface area (Å²) >= 11 is 7.29. The molecule has 1 aliphatic heterocycles. The van der Waals surface area contributed by atoms with Crippen molar-refractivity contribution < 1.29 is 18.8 Å². The van der Waals surface area contributed by atoms with Gasteiger partial charge in [-0.2, -0.15) is 11.8 Å². The molecule has 0 aliphatic carbocycles. The zero-order valence-electron chi connectivity index (χ0n) is 21.9. The number of carbonyl (C=O) groups is 3. The van der Waals surface area contributed by atoms with Crippen LogP contribution in [0.15, 0.2) is 49.2 Å². The quantitative estimate of drug-likeness (QED) is 0.330. The Morgan fingerprint density at radius 2 is 2.00 bits per heavy atom. The summed E-state index contributed by atoms with van der Waals surface area (Å²) in [5.74, 6) is -0.685. The lowest BCUT2D eigenvalue weighted by Crippen LogP contribution is -2.46. The fraction of sp³-hybridized carbons (Fsp3) is 0.345. The number of amides is 2. The second kappa shape index (κ2) is 13.6. The molecule has 2 amide bonds. The van der Waals surface area contributed by atoms with Crippen LogP contribution in [0.5, 0.6) is 0 Å². The van der Waals surface area contributed by atoms with Gasteiger partial charge in [0.1, 0.15) is 18.4 Å². The number of fused-ring (bicyclic) bond motifs is 1. The highest BCUT2D eigenvalue weighted by atomic mass is 35.5. The topological polar surface area (TPSA) is 71.4 Å². The molecule has 1 unspecified atom stereocenters. The van der Waals surface area contributed by atoms with Gasteiger partial charge in [0, 0.05) is 41.3 Å². The van der Waals surface area contributed by atoms with E-state index < -0.39 is 11.9 Å². The maximum absolute atomic E-state index is 14.2. The van der Waals surface area contributed by atoms with Crippen LogP contribution >= 0.6 is 23.4 Å². The van der Waals surface area contributed by atoms with Gasteiger partial charge >= 0.3 is 0 Å². The van der Waals surface area contributed by atoms with E-state index in [1.807, 2.05) is 38.4 Å². The Hall–Kier alpha value is -3.10. The highest BCUT2D eigenvalue weighted by Gasteiger charge is 2.34. The first-order valence-electron chi connectivity index (χ1n) is 12.6. The fourth-order valence-corrected chi connectivity index (χ4v) is 5.18. The molecule has 0 saturated carbocycles. The molecule has 1 saturated heterocycles. The van der Waals surface area contributed by atoms with Crippen LogP contribution in [0.3, 0.4) is 0 Å². The number of hydrogen-bond acceptors (Lipinski definition) is 4. The Morgan fingerprint density at radius 3 is 2.71 bits per heavy atom. The lowest BCUT2D eigenvalue weighted by Gasteiger charge is -2.24. The summed E-state index contributed by atoms with van der Waals surface area (Å²) in [5, 5.41) is 3.64. The first-order valence-corrected chi connectivity index (χ1v) is 14.4. The molecule has 1 aromatic heterocycles. The maximum Gasteiger partial charge on any atom is 0.243 e. The zero-order valence-corrected chi connectivity index (χ0v) is 23.5. The van der Waals surface area contributed by atoms with Crippen molar-refractivity contribution in [3.8, 4) is 0 Å². The molecule has 6 nitrogen and oxygen atoms in total. The highest BCUT2D eigenvalue weighted by molar-refractivity contribution is 7.99. The maximum atomic E-state index is 14.2. The van der Waals surface area contributed by atoms with Crippen molar-refractivity contribution in [2.45, 2.75) is 45.8 Å². The number of likely N-dealkylation sites (tertiary alicyclic amines) is 1. The van der Waals surface area contributed by atoms with Crippen molar-refractivity contribution >= 4 is 57.9 Å². The van der Waals surface area contributed by atoms with Crippen molar-refractivity contribution in [3.63, 3.8) is 0 Å². The van der Waals surface area contributed by atoms with Crippen molar-refractivity contribution in [1.82, 2.24) is 14.8 Å². The molecule has 2 aromatic carbocycles. The number of benzene rings is 2. The number of nitrogens with one attached hydrogen (secondary N) is 1. The first kappa shape index (κ1) is 29.5. The Balaban J connectivity index is 0.00000195. The average molecular weight is 558 g/mol. The van der Waals surface area contributed by atoms with Gasteiger partial charge in [0.2, 0.25) is 11.8 Å². The predicted molar refractivity (Wildman–Crippen MR) is 154 cm³/mol. The molecule has 3 aromatic rings. The van der Waals surface area contributed by atoms with Gasteiger partial charge in [-0.05, 0) is 36.8 Å². The van der Waals surface area contributed by atoms with Crippen LogP contribution in [-0.4, -0.2) is 51.7 Å². The van der Waals surface area contributed by atoms with E-state index >= 15 is 0 Å². The third kappa shape index (κ3) is 6.48. The number of rotatable bonds is 9. The minimum Gasteiger partial charge on any atom is -0.350 e. The van der Waals surface area contributed by atoms with E-state index in [0.717, 1.165) is 16.5 Å². The minimum absolute atomic E-state index is 0.00410. The van der Waals surface area contributed by atoms with Crippen molar-refractivity contribution in [1.29, 1.82) is 0 Å². The molecule has 2 heterocycles. The van der Waals surface area contributed by atoms with Gasteiger partial charge in [-0.25, -0.2) is 4.39 Å². The number of nitrogens with zero attached hydrogens (tertiary/aromatic N) is 2. The number of carbonyl (C=O) groups excluding carboxylic acids is 3. The van der Waals surface area contributed by atoms with E-state index in [1.54, 1.807) is 33.7 Å². The first-order chi connectivity index (χ1) is 18.3. The highest BCUT2D eigenvalue weighted by Crippen LogP contribution is 2.26. The van der Waals surface area contributed by atoms with E-state index in [2.05, 4.69) is 11.9 Å². The second-order valence-electron chi connectivity index (χ2n) is 8.68. The van der Waals surface area contributed by atoms with Crippen LogP contribution in [0.2, 0.25) is 5.02 Å². The Morgan fingerprint density at radius 1 is 1.24 bits per heavy atom. The molecule has 1 atom stereocenters. The largest absolute Gasteiger partial charge is 0.350 e. The van der Waals surface area contributed by atoms with Crippen LogP contribution < -0.4 is 5.32 Å². The molecule has 1 N–H and O–H groups in total. The van der Waals surface area contributed by atoms with Crippen molar-refractivity contribution in [2.24, 2.45) is 0 Å². The van der Waals surface area contributed by atoms with Crippen LogP contribution in [0.4, 0.5) is 4.39 Å². The van der Waals surface area contributed by atoms with E-state index in [0.29, 0.717) is 30.7 Å². The van der Waals surface area contributed by atoms with Crippen LogP contribution in [0, 0.1) is 5.82 Å². The third-order valence-electron chi connectivity index (χ3n) is 6.40. The number of hydrogen-bond donors (Lipinski definition) is 1. The van der Waals surface area contributed by atoms with Crippen LogP contribution in [0.25, 0.3) is 17.0 Å². The van der Waals surface area contributed by atoms with E-state index in [-0.39, 0.29) is 41.3 Å². The van der Waals surface area contributed by atoms with Gasteiger partial charge in [0.25, 0.3) is 0 Å². The summed E-state index contributed by atoms with van der Waals surface area (Å²) in [7, 11) is 0. The zero-order chi connectivity index (χ0) is 27.8. The van der Waals surface area contributed by atoms with E-state index in [4.69, 9.17) is 11.6 Å². The van der Waals surface area contributed by atoms with Crippen molar-refractivity contribution in [3.05, 3.63) is 76.7 Å². The summed E-state index contributed by atoms with van der Waals surface area (Å²) in [6.45, 7) is 8.34. The van der Waals surface area contributed by atoms with Gasteiger partial charge in [0.15, 0.2) is 5.78 Å². The van der Waals surface area contributed by atoms with Gasteiger partial charge in [-0.3, -0.25) is 14.4 Å². The molecule has 1 fully saturated rings. The lowest BCUT2D eigenvalue weighted by molar-refractivity contribution is -0.138. The second-order valence-corrected chi connectivity index (χ2v) is 9.95. The fourth-order valence-electron chi connectivity index (χ4n) is 4.56. The summed E-state index contributed by atoms with van der Waals surface area (Å²) in [4.78, 5) is 40.2. The summed E-state index contributed by atoms with van der Waals surface area (Å²) in [6.07, 6.45) is 6.67. The van der Waals surface area contributed by atoms with Gasteiger partial charge in [-0.1, -0.05) is 62.4 Å². The standard InChI is InChI=1S/C27H27ClFN3O3S.C2H6/c1-3-17-14-31(23-12-18(9-10-20(17)23)24(33)16-36-2)15-25(34)32-11-5-8-22(32)27(35)30-13-19-6-4-7-21(28)26(19)29;1-2/h3-4,6-7,9-10,12,14,22H,1,5,8,11,13,15-16H2,2H3,(H,30,35);1-2H3. The smallest absolute Gasteiger partial charge is 0.243 e. The summed E-state index contributed by atoms with van der Waals surface area (Å²) in [6, 6.07) is 9.49. The van der Waals surface area contributed by atoms with Gasteiger partial charge in [0.05, 0.1) is 10.8 Å². The number of ketones is 1.